The van der Waals surface area contributed by atoms with Gasteiger partial charge >= 0.3 is 0 Å². The summed E-state index contributed by atoms with van der Waals surface area (Å²) in [5.41, 5.74) is 2.85. The Morgan fingerprint density at radius 1 is 0.969 bits per heavy atom. The van der Waals surface area contributed by atoms with Gasteiger partial charge in [0, 0.05) is 12.6 Å². The fraction of sp³-hybridized carbons (Fsp3) is 0.333. The van der Waals surface area contributed by atoms with Crippen LogP contribution >= 0.6 is 0 Å². The van der Waals surface area contributed by atoms with Gasteiger partial charge in [0.15, 0.2) is 5.76 Å². The zero-order valence-corrected chi connectivity index (χ0v) is 18.5. The lowest BCUT2D eigenvalue weighted by molar-refractivity contribution is -0.127. The molecule has 0 aliphatic heterocycles. The molecular weight excluding hydrogens is 400 g/mol. The zero-order valence-electron chi connectivity index (χ0n) is 18.5. The van der Waals surface area contributed by atoms with Crippen LogP contribution in [0.15, 0.2) is 77.4 Å². The lowest BCUT2D eigenvalue weighted by Crippen LogP contribution is -2.46. The van der Waals surface area contributed by atoms with E-state index in [4.69, 9.17) is 4.42 Å². The Labute approximate surface area is 189 Å². The number of hydrogen-bond donors (Lipinski definition) is 1. The summed E-state index contributed by atoms with van der Waals surface area (Å²) in [6.07, 6.45) is 6.91. The molecule has 2 aromatic carbocycles. The first-order chi connectivity index (χ1) is 15.6. The first-order valence-corrected chi connectivity index (χ1v) is 11.4. The van der Waals surface area contributed by atoms with Gasteiger partial charge in [0.1, 0.15) is 6.04 Å². The molecule has 4 rings (SSSR count). The van der Waals surface area contributed by atoms with Crippen molar-refractivity contribution in [1.82, 2.24) is 10.2 Å². The molecule has 1 atom stereocenters. The molecular formula is C27H30N2O3. The second-order valence-electron chi connectivity index (χ2n) is 8.55. The van der Waals surface area contributed by atoms with Crippen molar-refractivity contribution < 1.29 is 14.0 Å². The largest absolute Gasteiger partial charge is 0.459 e. The molecule has 32 heavy (non-hydrogen) atoms. The van der Waals surface area contributed by atoms with Crippen molar-refractivity contribution in [3.63, 3.8) is 0 Å². The van der Waals surface area contributed by atoms with Gasteiger partial charge in [-0.05, 0) is 43.0 Å². The normalized spacial score (nSPS) is 15.2. The Balaban J connectivity index is 1.71. The highest BCUT2D eigenvalue weighted by molar-refractivity contribution is 5.96. The van der Waals surface area contributed by atoms with Crippen LogP contribution in [-0.4, -0.2) is 22.8 Å². The third kappa shape index (κ3) is 5.28. The van der Waals surface area contributed by atoms with E-state index in [0.29, 0.717) is 6.54 Å². The molecule has 1 N–H and O–H groups in total. The Morgan fingerprint density at radius 2 is 1.69 bits per heavy atom. The van der Waals surface area contributed by atoms with Gasteiger partial charge in [0.25, 0.3) is 5.91 Å². The van der Waals surface area contributed by atoms with E-state index in [9.17, 15) is 9.59 Å². The van der Waals surface area contributed by atoms with E-state index in [2.05, 4.69) is 5.32 Å². The first-order valence-electron chi connectivity index (χ1n) is 11.4. The number of nitrogens with one attached hydrogen (secondary N) is 1. The summed E-state index contributed by atoms with van der Waals surface area (Å²) in [7, 11) is 0. The maximum Gasteiger partial charge on any atom is 0.290 e. The van der Waals surface area contributed by atoms with Crippen molar-refractivity contribution in [1.29, 1.82) is 0 Å². The smallest absolute Gasteiger partial charge is 0.290 e. The van der Waals surface area contributed by atoms with Crippen LogP contribution in [-0.2, 0) is 11.3 Å². The van der Waals surface area contributed by atoms with E-state index in [1.165, 1.54) is 12.7 Å². The maximum absolute atomic E-state index is 13.7. The van der Waals surface area contributed by atoms with Crippen LogP contribution in [0.1, 0.15) is 65.4 Å². The first kappa shape index (κ1) is 21.9. The molecule has 1 aliphatic carbocycles. The molecule has 1 heterocycles. The van der Waals surface area contributed by atoms with E-state index in [0.717, 1.165) is 42.4 Å². The van der Waals surface area contributed by atoms with E-state index in [1.54, 1.807) is 17.0 Å². The predicted octanol–water partition coefficient (Wildman–Crippen LogP) is 5.42. The number of amides is 2. The molecule has 2 amide bonds. The minimum Gasteiger partial charge on any atom is -0.459 e. The number of hydrogen-bond acceptors (Lipinski definition) is 3. The van der Waals surface area contributed by atoms with Crippen molar-refractivity contribution >= 4 is 11.8 Å². The van der Waals surface area contributed by atoms with Gasteiger partial charge in [0.2, 0.25) is 5.91 Å². The SMILES string of the molecule is Cc1ccc([C@@H](C(=O)NC2CCCCC2)N(Cc2ccccc2)C(=O)c2ccco2)cc1. The van der Waals surface area contributed by atoms with E-state index in [-0.39, 0.29) is 23.6 Å². The number of benzene rings is 2. The molecule has 5 heteroatoms. The summed E-state index contributed by atoms with van der Waals surface area (Å²) in [4.78, 5) is 28.8. The summed E-state index contributed by atoms with van der Waals surface area (Å²) < 4.78 is 5.43. The third-order valence-electron chi connectivity index (χ3n) is 6.09. The standard InChI is InChI=1S/C27H30N2O3/c1-20-14-16-22(17-15-20)25(26(30)28-23-11-6-3-7-12-23)29(19-21-9-4-2-5-10-21)27(31)24-13-8-18-32-24/h2,4-5,8-10,13-18,23,25H,3,6-7,11-12,19H2,1H3,(H,28,30)/t25-/m0/s1. The molecule has 166 valence electrons. The maximum atomic E-state index is 13.7. The number of carbonyl (C=O) groups excluding carboxylic acids is 2. The zero-order chi connectivity index (χ0) is 22.3. The van der Waals surface area contributed by atoms with Crippen molar-refractivity contribution in [2.24, 2.45) is 0 Å². The van der Waals surface area contributed by atoms with Gasteiger partial charge in [0.05, 0.1) is 6.26 Å². The number of aryl methyl sites for hydroxylation is 1. The molecule has 1 aliphatic rings. The Hall–Kier alpha value is -3.34. The van der Waals surface area contributed by atoms with Gasteiger partial charge in [-0.3, -0.25) is 9.59 Å². The average Bonchev–Trinajstić information content (AvgIpc) is 3.36. The molecule has 1 fully saturated rings. The topological polar surface area (TPSA) is 62.6 Å². The molecule has 3 aromatic rings. The summed E-state index contributed by atoms with van der Waals surface area (Å²) in [6, 6.07) is 20.3. The van der Waals surface area contributed by atoms with Crippen LogP contribution in [0.3, 0.4) is 0 Å². The summed E-state index contributed by atoms with van der Waals surface area (Å²) in [5, 5.41) is 3.24. The number of rotatable bonds is 7. The van der Waals surface area contributed by atoms with Gasteiger partial charge in [-0.25, -0.2) is 0 Å². The lowest BCUT2D eigenvalue weighted by Gasteiger charge is -2.33. The van der Waals surface area contributed by atoms with E-state index >= 15 is 0 Å². The van der Waals surface area contributed by atoms with Gasteiger partial charge in [-0.1, -0.05) is 79.4 Å². The molecule has 0 saturated heterocycles. The second-order valence-corrected chi connectivity index (χ2v) is 8.55. The fourth-order valence-corrected chi connectivity index (χ4v) is 4.35. The van der Waals surface area contributed by atoms with Crippen molar-refractivity contribution in [2.45, 2.75) is 57.7 Å². The number of nitrogens with zero attached hydrogens (tertiary/aromatic N) is 1. The van der Waals surface area contributed by atoms with Gasteiger partial charge in [-0.2, -0.15) is 0 Å². The monoisotopic (exact) mass is 430 g/mol. The Kier molecular flexibility index (Phi) is 7.05. The minimum atomic E-state index is -0.754. The highest BCUT2D eigenvalue weighted by atomic mass is 16.3. The molecule has 0 radical (unpaired) electrons. The van der Waals surface area contributed by atoms with Crippen molar-refractivity contribution in [3.8, 4) is 0 Å². The summed E-state index contributed by atoms with van der Waals surface area (Å²) in [6.45, 7) is 2.31. The number of carbonyl (C=O) groups is 2. The molecule has 5 nitrogen and oxygen atoms in total. The van der Waals surface area contributed by atoms with Crippen LogP contribution in [0, 0.1) is 6.92 Å². The van der Waals surface area contributed by atoms with E-state index < -0.39 is 6.04 Å². The summed E-state index contributed by atoms with van der Waals surface area (Å²) >= 11 is 0. The summed E-state index contributed by atoms with van der Waals surface area (Å²) in [5.74, 6) is -0.219. The molecule has 0 spiro atoms. The van der Waals surface area contributed by atoms with Crippen LogP contribution in [0.4, 0.5) is 0 Å². The minimum absolute atomic E-state index is 0.142. The van der Waals surface area contributed by atoms with Crippen LogP contribution in [0.5, 0.6) is 0 Å². The van der Waals surface area contributed by atoms with Crippen molar-refractivity contribution in [2.75, 3.05) is 0 Å². The highest BCUT2D eigenvalue weighted by Gasteiger charge is 2.34. The lowest BCUT2D eigenvalue weighted by atomic mass is 9.94. The Bertz CT molecular complexity index is 1010. The van der Waals surface area contributed by atoms with Gasteiger partial charge < -0.3 is 14.6 Å². The van der Waals surface area contributed by atoms with Crippen LogP contribution < -0.4 is 5.32 Å². The highest BCUT2D eigenvalue weighted by Crippen LogP contribution is 2.28. The molecule has 0 bridgehead atoms. The van der Waals surface area contributed by atoms with Crippen molar-refractivity contribution in [3.05, 3.63) is 95.4 Å². The van der Waals surface area contributed by atoms with E-state index in [1.807, 2.05) is 61.5 Å². The second kappa shape index (κ2) is 10.3. The molecule has 0 unspecified atom stereocenters. The Morgan fingerprint density at radius 3 is 2.34 bits per heavy atom. The quantitative estimate of drug-likeness (QED) is 0.544. The van der Waals surface area contributed by atoms with Crippen LogP contribution in [0.25, 0.3) is 0 Å². The van der Waals surface area contributed by atoms with Gasteiger partial charge in [-0.15, -0.1) is 0 Å². The van der Waals surface area contributed by atoms with Crippen LogP contribution in [0.2, 0.25) is 0 Å². The predicted molar refractivity (Wildman–Crippen MR) is 124 cm³/mol. The average molecular weight is 431 g/mol. The molecule has 1 saturated carbocycles. The number of furan rings is 1. The molecule has 1 aromatic heterocycles. The third-order valence-corrected chi connectivity index (χ3v) is 6.09. The fourth-order valence-electron chi connectivity index (χ4n) is 4.35.